The van der Waals surface area contributed by atoms with Crippen LogP contribution in [0, 0.1) is 12.7 Å². The standard InChI is InChI=1S/C13H13ClFNO4S/c1-7-3-9(5-10(15)12(7)14)16-11(17)4-8(13(16)18)6-21(2,19)20/h3-5,17-18H,6H2,1-2H3. The van der Waals surface area contributed by atoms with E-state index in [-0.39, 0.29) is 16.3 Å². The number of benzene rings is 1. The van der Waals surface area contributed by atoms with Gasteiger partial charge in [-0.05, 0) is 24.6 Å². The molecule has 2 aromatic rings. The third-order valence-corrected chi connectivity index (χ3v) is 4.22. The van der Waals surface area contributed by atoms with Crippen molar-refractivity contribution in [3.63, 3.8) is 0 Å². The zero-order valence-corrected chi connectivity index (χ0v) is 12.8. The van der Waals surface area contributed by atoms with E-state index in [9.17, 15) is 23.0 Å². The van der Waals surface area contributed by atoms with Gasteiger partial charge in [0, 0.05) is 17.9 Å². The van der Waals surface area contributed by atoms with Crippen LogP contribution in [-0.2, 0) is 15.6 Å². The fourth-order valence-corrected chi connectivity index (χ4v) is 2.90. The second-order valence-electron chi connectivity index (χ2n) is 4.82. The molecule has 0 saturated carbocycles. The van der Waals surface area contributed by atoms with Gasteiger partial charge in [0.05, 0.1) is 16.5 Å². The highest BCUT2D eigenvalue weighted by atomic mass is 35.5. The zero-order chi connectivity index (χ0) is 15.9. The first kappa shape index (κ1) is 15.7. The Balaban J connectivity index is 2.60. The lowest BCUT2D eigenvalue weighted by atomic mass is 10.2. The van der Waals surface area contributed by atoms with Gasteiger partial charge in [-0.3, -0.25) is 4.57 Å². The van der Waals surface area contributed by atoms with Crippen molar-refractivity contribution in [3.8, 4) is 17.4 Å². The van der Waals surface area contributed by atoms with Crippen LogP contribution < -0.4 is 0 Å². The maximum Gasteiger partial charge on any atom is 0.202 e. The molecule has 0 aliphatic heterocycles. The molecule has 0 bridgehead atoms. The summed E-state index contributed by atoms with van der Waals surface area (Å²) in [5.41, 5.74) is 0.594. The Morgan fingerprint density at radius 2 is 1.90 bits per heavy atom. The zero-order valence-electron chi connectivity index (χ0n) is 11.3. The van der Waals surface area contributed by atoms with Crippen molar-refractivity contribution in [3.05, 3.63) is 40.2 Å². The minimum Gasteiger partial charge on any atom is -0.494 e. The molecule has 0 saturated heterocycles. The Labute approximate surface area is 126 Å². The fourth-order valence-electron chi connectivity index (χ4n) is 2.02. The summed E-state index contributed by atoms with van der Waals surface area (Å²) in [7, 11) is -3.39. The van der Waals surface area contributed by atoms with Crippen molar-refractivity contribution < 1.29 is 23.0 Å². The molecule has 8 heteroatoms. The molecule has 0 fully saturated rings. The molecule has 0 amide bonds. The summed E-state index contributed by atoms with van der Waals surface area (Å²) in [5, 5.41) is 19.9. The molecule has 114 valence electrons. The highest BCUT2D eigenvalue weighted by Gasteiger charge is 2.20. The molecule has 0 aliphatic rings. The van der Waals surface area contributed by atoms with Gasteiger partial charge in [0.2, 0.25) is 5.88 Å². The lowest BCUT2D eigenvalue weighted by molar-refractivity contribution is 0.400. The largest absolute Gasteiger partial charge is 0.494 e. The maximum atomic E-state index is 13.7. The summed E-state index contributed by atoms with van der Waals surface area (Å²) >= 11 is 5.72. The van der Waals surface area contributed by atoms with Crippen LogP contribution in [0.2, 0.25) is 5.02 Å². The SMILES string of the molecule is Cc1cc(-n2c(O)cc(CS(C)(=O)=O)c2O)cc(F)c1Cl. The van der Waals surface area contributed by atoms with Crippen LogP contribution in [0.3, 0.4) is 0 Å². The number of aryl methyl sites for hydroxylation is 1. The van der Waals surface area contributed by atoms with Gasteiger partial charge >= 0.3 is 0 Å². The summed E-state index contributed by atoms with van der Waals surface area (Å²) in [6, 6.07) is 3.63. The van der Waals surface area contributed by atoms with Gasteiger partial charge in [-0.2, -0.15) is 0 Å². The molecule has 1 aromatic carbocycles. The number of aromatic nitrogens is 1. The topological polar surface area (TPSA) is 79.5 Å². The fraction of sp³-hybridized carbons (Fsp3) is 0.231. The van der Waals surface area contributed by atoms with Crippen LogP contribution in [0.15, 0.2) is 18.2 Å². The van der Waals surface area contributed by atoms with E-state index in [1.807, 2.05) is 0 Å². The molecule has 0 aliphatic carbocycles. The van der Waals surface area contributed by atoms with Gasteiger partial charge in [-0.15, -0.1) is 0 Å². The van der Waals surface area contributed by atoms with E-state index >= 15 is 0 Å². The van der Waals surface area contributed by atoms with E-state index in [2.05, 4.69) is 0 Å². The Morgan fingerprint density at radius 1 is 1.29 bits per heavy atom. The third kappa shape index (κ3) is 3.14. The van der Waals surface area contributed by atoms with Crippen molar-refractivity contribution in [2.75, 3.05) is 6.26 Å². The summed E-state index contributed by atoms with van der Waals surface area (Å²) in [6.07, 6.45) is 1.01. The van der Waals surface area contributed by atoms with E-state index in [4.69, 9.17) is 11.6 Å². The molecular formula is C13H13ClFNO4S. The molecule has 0 unspecified atom stereocenters. The van der Waals surface area contributed by atoms with Crippen molar-refractivity contribution in [2.45, 2.75) is 12.7 Å². The van der Waals surface area contributed by atoms with Crippen LogP contribution >= 0.6 is 11.6 Å². The molecule has 0 atom stereocenters. The van der Waals surface area contributed by atoms with Crippen LogP contribution in [0.4, 0.5) is 4.39 Å². The van der Waals surface area contributed by atoms with Gasteiger partial charge in [0.25, 0.3) is 0 Å². The van der Waals surface area contributed by atoms with Crippen molar-refractivity contribution >= 4 is 21.4 Å². The second kappa shape index (κ2) is 5.23. The summed E-state index contributed by atoms with van der Waals surface area (Å²) < 4.78 is 37.2. The second-order valence-corrected chi connectivity index (χ2v) is 7.33. The number of halogens is 2. The number of hydrogen-bond donors (Lipinski definition) is 2. The third-order valence-electron chi connectivity index (χ3n) is 2.90. The van der Waals surface area contributed by atoms with E-state index < -0.39 is 33.2 Å². The molecule has 21 heavy (non-hydrogen) atoms. The summed E-state index contributed by atoms with van der Waals surface area (Å²) in [4.78, 5) is 0. The molecular weight excluding hydrogens is 321 g/mol. The lowest BCUT2D eigenvalue weighted by Gasteiger charge is -2.10. The van der Waals surface area contributed by atoms with Crippen LogP contribution in [-0.4, -0.2) is 29.5 Å². The van der Waals surface area contributed by atoms with Crippen molar-refractivity contribution in [1.29, 1.82) is 0 Å². The Bertz CT molecular complexity index is 791. The first-order chi connectivity index (χ1) is 9.60. The minimum absolute atomic E-state index is 0.0306. The first-order valence-corrected chi connectivity index (χ1v) is 8.30. The predicted molar refractivity (Wildman–Crippen MR) is 77.4 cm³/mol. The molecule has 0 spiro atoms. The number of nitrogens with zero attached hydrogens (tertiary/aromatic N) is 1. The van der Waals surface area contributed by atoms with Crippen molar-refractivity contribution in [2.24, 2.45) is 0 Å². The highest BCUT2D eigenvalue weighted by molar-refractivity contribution is 7.89. The van der Waals surface area contributed by atoms with Crippen LogP contribution in [0.1, 0.15) is 11.1 Å². The van der Waals surface area contributed by atoms with E-state index in [1.54, 1.807) is 6.92 Å². The number of rotatable bonds is 3. The molecule has 2 N–H and O–H groups in total. The summed E-state index contributed by atoms with van der Waals surface area (Å²) in [6.45, 7) is 1.57. The number of sulfone groups is 1. The molecule has 1 aromatic heterocycles. The molecule has 1 heterocycles. The van der Waals surface area contributed by atoms with Crippen LogP contribution in [0.25, 0.3) is 5.69 Å². The van der Waals surface area contributed by atoms with Gasteiger partial charge in [0.1, 0.15) is 5.82 Å². The first-order valence-electron chi connectivity index (χ1n) is 5.86. The molecule has 2 rings (SSSR count). The van der Waals surface area contributed by atoms with Gasteiger partial charge in [-0.25, -0.2) is 12.8 Å². The van der Waals surface area contributed by atoms with E-state index in [1.165, 1.54) is 6.07 Å². The van der Waals surface area contributed by atoms with E-state index in [0.29, 0.717) is 5.56 Å². The van der Waals surface area contributed by atoms with Crippen LogP contribution in [0.5, 0.6) is 11.8 Å². The molecule has 0 radical (unpaired) electrons. The Hall–Kier alpha value is -1.73. The number of hydrogen-bond acceptors (Lipinski definition) is 4. The Morgan fingerprint density at radius 3 is 2.43 bits per heavy atom. The van der Waals surface area contributed by atoms with Gasteiger partial charge in [0.15, 0.2) is 15.7 Å². The monoisotopic (exact) mass is 333 g/mol. The van der Waals surface area contributed by atoms with Crippen molar-refractivity contribution in [1.82, 2.24) is 4.57 Å². The number of aromatic hydroxyl groups is 2. The highest BCUT2D eigenvalue weighted by Crippen LogP contribution is 2.34. The minimum atomic E-state index is -3.39. The normalized spacial score (nSPS) is 11.8. The predicted octanol–water partition coefficient (Wildman–Crippen LogP) is 2.53. The Kier molecular flexibility index (Phi) is 3.90. The average molecular weight is 334 g/mol. The van der Waals surface area contributed by atoms with Gasteiger partial charge < -0.3 is 10.2 Å². The smallest absolute Gasteiger partial charge is 0.202 e. The lowest BCUT2D eigenvalue weighted by Crippen LogP contribution is -2.01. The molecule has 5 nitrogen and oxygen atoms in total. The average Bonchev–Trinajstić information content (AvgIpc) is 2.59. The van der Waals surface area contributed by atoms with Gasteiger partial charge in [-0.1, -0.05) is 11.6 Å². The maximum absolute atomic E-state index is 13.7. The quantitative estimate of drug-likeness (QED) is 0.904. The summed E-state index contributed by atoms with van der Waals surface area (Å²) in [5.74, 6) is -2.00. The van der Waals surface area contributed by atoms with E-state index in [0.717, 1.165) is 23.0 Å².